The number of rotatable bonds is 7. The van der Waals surface area contributed by atoms with Crippen LogP contribution in [0.4, 0.5) is 0 Å². The van der Waals surface area contributed by atoms with Gasteiger partial charge in [-0.1, -0.05) is 6.92 Å². The van der Waals surface area contributed by atoms with E-state index < -0.39 is 9.05 Å². The van der Waals surface area contributed by atoms with Crippen LogP contribution in [0.5, 0.6) is 5.75 Å². The molecular weight excluding hydrogens is 304 g/mol. The fraction of sp³-hybridized carbons (Fsp3) is 0.538. The highest BCUT2D eigenvalue weighted by Gasteiger charge is 2.15. The Kier molecular flexibility index (Phi) is 6.50. The molecule has 0 aliphatic rings. The van der Waals surface area contributed by atoms with E-state index in [9.17, 15) is 8.42 Å². The Morgan fingerprint density at radius 1 is 1.26 bits per heavy atom. The van der Waals surface area contributed by atoms with E-state index >= 15 is 0 Å². The summed E-state index contributed by atoms with van der Waals surface area (Å²) in [7, 11) is 1.69. The van der Waals surface area contributed by atoms with Gasteiger partial charge in [0.2, 0.25) is 0 Å². The van der Waals surface area contributed by atoms with Crippen molar-refractivity contribution in [3.8, 4) is 5.75 Å². The molecule has 0 heterocycles. The van der Waals surface area contributed by atoms with Crippen LogP contribution in [0.1, 0.15) is 24.5 Å². The third kappa shape index (κ3) is 5.24. The first-order valence-corrected chi connectivity index (χ1v) is 9.59. The molecule has 0 saturated heterocycles. The molecule has 0 aliphatic carbocycles. The first-order valence-electron chi connectivity index (χ1n) is 6.12. The zero-order valence-corrected chi connectivity index (χ0v) is 13.8. The highest BCUT2D eigenvalue weighted by molar-refractivity contribution is 8.13. The Morgan fingerprint density at radius 2 is 1.95 bits per heavy atom. The summed E-state index contributed by atoms with van der Waals surface area (Å²) in [6.45, 7) is 6.31. The van der Waals surface area contributed by atoms with E-state index in [0.717, 1.165) is 29.2 Å². The van der Waals surface area contributed by atoms with Crippen LogP contribution < -0.4 is 4.74 Å². The van der Waals surface area contributed by atoms with Gasteiger partial charge in [-0.05, 0) is 55.0 Å². The lowest BCUT2D eigenvalue weighted by molar-refractivity contribution is 0.316. The minimum absolute atomic E-state index is 0.153. The molecule has 0 saturated carbocycles. The fourth-order valence-corrected chi connectivity index (χ4v) is 3.54. The highest BCUT2D eigenvalue weighted by atomic mass is 35.7. The molecule has 0 amide bonds. The highest BCUT2D eigenvalue weighted by Crippen LogP contribution is 2.28. The molecular formula is C13H19ClO3S2. The van der Waals surface area contributed by atoms with Crippen LogP contribution in [0, 0.1) is 13.8 Å². The molecule has 1 aromatic carbocycles. The van der Waals surface area contributed by atoms with E-state index in [1.807, 2.05) is 18.7 Å². The average molecular weight is 323 g/mol. The van der Waals surface area contributed by atoms with Gasteiger partial charge < -0.3 is 4.74 Å². The van der Waals surface area contributed by atoms with Gasteiger partial charge in [-0.15, -0.1) is 0 Å². The third-order valence-corrected chi connectivity index (χ3v) is 5.08. The maximum atomic E-state index is 11.4. The maximum Gasteiger partial charge on any atom is 0.261 e. The van der Waals surface area contributed by atoms with Gasteiger partial charge in [0.05, 0.1) is 11.5 Å². The number of benzene rings is 1. The molecule has 0 atom stereocenters. The predicted molar refractivity (Wildman–Crippen MR) is 82.1 cm³/mol. The molecule has 0 spiro atoms. The molecule has 1 aromatic rings. The molecule has 0 aromatic heterocycles. The van der Waals surface area contributed by atoms with Gasteiger partial charge in [0.25, 0.3) is 9.05 Å². The molecule has 0 fully saturated rings. The van der Waals surface area contributed by atoms with E-state index in [2.05, 4.69) is 6.92 Å². The summed E-state index contributed by atoms with van der Waals surface area (Å²) < 4.78 is 28.4. The quantitative estimate of drug-likeness (QED) is 0.566. The molecule has 0 radical (unpaired) electrons. The first kappa shape index (κ1) is 16.7. The monoisotopic (exact) mass is 322 g/mol. The summed E-state index contributed by atoms with van der Waals surface area (Å²) in [4.78, 5) is 0.153. The van der Waals surface area contributed by atoms with Crippen LogP contribution in [-0.4, -0.2) is 26.5 Å². The smallest absolute Gasteiger partial charge is 0.261 e. The van der Waals surface area contributed by atoms with Crippen LogP contribution in [0.15, 0.2) is 17.0 Å². The van der Waals surface area contributed by atoms with Gasteiger partial charge in [0.1, 0.15) is 5.75 Å². The summed E-state index contributed by atoms with van der Waals surface area (Å²) in [6, 6.07) is 3.30. The van der Waals surface area contributed by atoms with E-state index in [0.29, 0.717) is 12.2 Å². The Bertz CT molecular complexity index is 527. The largest absolute Gasteiger partial charge is 0.493 e. The van der Waals surface area contributed by atoms with Crippen LogP contribution in [0.3, 0.4) is 0 Å². The zero-order valence-electron chi connectivity index (χ0n) is 11.4. The minimum Gasteiger partial charge on any atom is -0.493 e. The fourth-order valence-electron chi connectivity index (χ4n) is 1.67. The van der Waals surface area contributed by atoms with Crippen LogP contribution in [-0.2, 0) is 9.05 Å². The average Bonchev–Trinajstić information content (AvgIpc) is 2.31. The first-order chi connectivity index (χ1) is 8.86. The van der Waals surface area contributed by atoms with Gasteiger partial charge in [-0.3, -0.25) is 0 Å². The van der Waals surface area contributed by atoms with Gasteiger partial charge in [0.15, 0.2) is 0 Å². The van der Waals surface area contributed by atoms with Crippen LogP contribution in [0.2, 0.25) is 0 Å². The predicted octanol–water partition coefficient (Wildman–Crippen LogP) is 3.75. The lowest BCUT2D eigenvalue weighted by Crippen LogP contribution is -2.03. The molecule has 6 heteroatoms. The topological polar surface area (TPSA) is 43.4 Å². The van der Waals surface area contributed by atoms with Crippen molar-refractivity contribution in [2.24, 2.45) is 0 Å². The summed E-state index contributed by atoms with van der Waals surface area (Å²) in [5, 5.41) is 0. The normalized spacial score (nSPS) is 11.6. The van der Waals surface area contributed by atoms with E-state index in [1.165, 1.54) is 0 Å². The molecule has 1 rings (SSSR count). The molecule has 0 N–H and O–H groups in total. The lowest BCUT2D eigenvalue weighted by Gasteiger charge is -2.12. The lowest BCUT2D eigenvalue weighted by atomic mass is 10.1. The number of halogens is 1. The number of hydrogen-bond acceptors (Lipinski definition) is 4. The van der Waals surface area contributed by atoms with E-state index in [1.54, 1.807) is 19.1 Å². The summed E-state index contributed by atoms with van der Waals surface area (Å²) in [5.74, 6) is 2.91. The van der Waals surface area contributed by atoms with Crippen molar-refractivity contribution in [1.82, 2.24) is 0 Å². The third-order valence-electron chi connectivity index (χ3n) is 2.63. The second-order valence-corrected chi connectivity index (χ2v) is 8.15. The Morgan fingerprint density at radius 3 is 2.53 bits per heavy atom. The summed E-state index contributed by atoms with van der Waals surface area (Å²) >= 11 is 1.88. The second-order valence-electron chi connectivity index (χ2n) is 4.22. The van der Waals surface area contributed by atoms with Crippen LogP contribution in [0.25, 0.3) is 0 Å². The van der Waals surface area contributed by atoms with Gasteiger partial charge in [-0.25, -0.2) is 8.42 Å². The Hall–Kier alpha value is -0.390. The zero-order chi connectivity index (χ0) is 14.5. The summed E-state index contributed by atoms with van der Waals surface area (Å²) in [6.07, 6.45) is 0.979. The van der Waals surface area contributed by atoms with E-state index in [4.69, 9.17) is 15.4 Å². The molecule has 0 bridgehead atoms. The number of ether oxygens (including phenoxy) is 1. The number of hydrogen-bond donors (Lipinski definition) is 0. The molecule has 19 heavy (non-hydrogen) atoms. The van der Waals surface area contributed by atoms with Crippen molar-refractivity contribution in [3.63, 3.8) is 0 Å². The Balaban J connectivity index is 2.74. The van der Waals surface area contributed by atoms with Gasteiger partial charge in [-0.2, -0.15) is 11.8 Å². The SMILES string of the molecule is CCSCCCOc1cc(C)c(S(=O)(=O)Cl)cc1C. The standard InChI is InChI=1S/C13H19ClO3S2/c1-4-18-7-5-6-17-12-8-11(3)13(9-10(12)2)19(14,15)16/h8-9H,4-7H2,1-3H3. The van der Waals surface area contributed by atoms with E-state index in [-0.39, 0.29) is 4.90 Å². The van der Waals surface area contributed by atoms with Gasteiger partial charge >= 0.3 is 0 Å². The molecule has 0 aliphatic heterocycles. The minimum atomic E-state index is -3.69. The molecule has 0 unspecified atom stereocenters. The van der Waals surface area contributed by atoms with Crippen molar-refractivity contribution >= 4 is 31.5 Å². The van der Waals surface area contributed by atoms with Crippen molar-refractivity contribution in [3.05, 3.63) is 23.3 Å². The van der Waals surface area contributed by atoms with Crippen LogP contribution >= 0.6 is 22.4 Å². The summed E-state index contributed by atoms with van der Waals surface area (Å²) in [5.41, 5.74) is 1.39. The van der Waals surface area contributed by atoms with Gasteiger partial charge in [0, 0.05) is 10.7 Å². The number of thioether (sulfide) groups is 1. The maximum absolute atomic E-state index is 11.4. The van der Waals surface area contributed by atoms with Crippen molar-refractivity contribution in [2.75, 3.05) is 18.1 Å². The number of aryl methyl sites for hydroxylation is 2. The van der Waals surface area contributed by atoms with Crippen molar-refractivity contribution < 1.29 is 13.2 Å². The van der Waals surface area contributed by atoms with Crippen molar-refractivity contribution in [2.45, 2.75) is 32.1 Å². The van der Waals surface area contributed by atoms with Crippen molar-refractivity contribution in [1.29, 1.82) is 0 Å². The molecule has 3 nitrogen and oxygen atoms in total. The molecule has 108 valence electrons. The Labute approximate surface area is 124 Å². The second kappa shape index (κ2) is 7.41.